The molecule has 3 aromatic carbocycles. The number of hydrogen-bond donors (Lipinski definition) is 0. The van der Waals surface area contributed by atoms with Gasteiger partial charge in [0.1, 0.15) is 6.04 Å². The molecule has 3 aliphatic heterocycles. The lowest BCUT2D eigenvalue weighted by Crippen LogP contribution is -2.54. The summed E-state index contributed by atoms with van der Waals surface area (Å²) in [6.45, 7) is 2.42. The van der Waals surface area contributed by atoms with Gasteiger partial charge in [-0.15, -0.1) is 0 Å². The number of hydrogen-bond acceptors (Lipinski definition) is 3. The predicted octanol–water partition coefficient (Wildman–Crippen LogP) is 3.58. The van der Waals surface area contributed by atoms with Crippen LogP contribution < -0.4 is 4.90 Å². The summed E-state index contributed by atoms with van der Waals surface area (Å²) in [5.74, 6) is -0.310. The topological polar surface area (TPSA) is 60.9 Å². The van der Waals surface area contributed by atoms with Gasteiger partial charge in [0.05, 0.1) is 17.8 Å². The standard InChI is InChI=1S/C25H21N3O3/c1-15-6-4-9-17(12-15)23(29)26-14-18-13-21(26)22-24(30)28(25(31)27(18)22)20-11-5-8-16-7-2-3-10-19(16)20/h2-12,18,21-22H,13-14H2,1H3/t18-,21?,22+/m1/s1. The molecule has 3 heterocycles. The fourth-order valence-electron chi connectivity index (χ4n) is 5.46. The zero-order valence-electron chi connectivity index (χ0n) is 17.1. The van der Waals surface area contributed by atoms with Crippen molar-refractivity contribution in [1.82, 2.24) is 9.80 Å². The van der Waals surface area contributed by atoms with Crippen molar-refractivity contribution in [2.24, 2.45) is 0 Å². The van der Waals surface area contributed by atoms with Gasteiger partial charge >= 0.3 is 6.03 Å². The lowest BCUT2D eigenvalue weighted by Gasteiger charge is -2.35. The third kappa shape index (κ3) is 2.48. The summed E-state index contributed by atoms with van der Waals surface area (Å²) in [7, 11) is 0. The van der Waals surface area contributed by atoms with Gasteiger partial charge in [0.2, 0.25) is 0 Å². The molecular weight excluding hydrogens is 390 g/mol. The summed E-state index contributed by atoms with van der Waals surface area (Å²) in [4.78, 5) is 44.9. The number of carbonyl (C=O) groups is 3. The Bertz CT molecular complexity index is 1260. The Labute approximate surface area is 179 Å². The maximum Gasteiger partial charge on any atom is 0.332 e. The first-order chi connectivity index (χ1) is 15.0. The van der Waals surface area contributed by atoms with E-state index in [0.29, 0.717) is 24.2 Å². The average molecular weight is 411 g/mol. The molecule has 0 saturated carbocycles. The molecule has 3 aliphatic rings. The van der Waals surface area contributed by atoms with Crippen LogP contribution in [0.1, 0.15) is 22.3 Å². The third-order valence-electron chi connectivity index (χ3n) is 6.80. The van der Waals surface area contributed by atoms with Gasteiger partial charge in [-0.2, -0.15) is 0 Å². The first kappa shape index (κ1) is 18.1. The number of rotatable bonds is 2. The molecule has 0 aliphatic carbocycles. The largest absolute Gasteiger partial charge is 0.332 e. The molecule has 3 aromatic rings. The molecule has 154 valence electrons. The van der Waals surface area contributed by atoms with Crippen LogP contribution in [0.2, 0.25) is 0 Å². The Morgan fingerprint density at radius 2 is 1.74 bits per heavy atom. The molecule has 0 radical (unpaired) electrons. The van der Waals surface area contributed by atoms with Gasteiger partial charge in [0.25, 0.3) is 11.8 Å². The van der Waals surface area contributed by atoms with E-state index in [1.807, 2.05) is 73.7 Å². The number of carbonyl (C=O) groups excluding carboxylic acids is 3. The normalized spacial score (nSPS) is 24.4. The lowest BCUT2D eigenvalue weighted by atomic mass is 10.1. The second-order valence-electron chi connectivity index (χ2n) is 8.59. The highest BCUT2D eigenvalue weighted by atomic mass is 16.2. The average Bonchev–Trinajstić information content (AvgIpc) is 3.44. The number of fused-ring (bicyclic) bond motifs is 6. The van der Waals surface area contributed by atoms with Crippen LogP contribution >= 0.6 is 0 Å². The van der Waals surface area contributed by atoms with Crippen molar-refractivity contribution in [2.45, 2.75) is 31.5 Å². The molecule has 3 fully saturated rings. The zero-order valence-corrected chi connectivity index (χ0v) is 17.1. The minimum absolute atomic E-state index is 0.0697. The molecule has 6 rings (SSSR count). The van der Waals surface area contributed by atoms with E-state index in [-0.39, 0.29) is 29.9 Å². The number of anilines is 1. The van der Waals surface area contributed by atoms with Crippen LogP contribution in [0.15, 0.2) is 66.7 Å². The van der Waals surface area contributed by atoms with Gasteiger partial charge in [0.15, 0.2) is 0 Å². The molecule has 3 saturated heterocycles. The molecule has 0 N–H and O–H groups in total. The highest BCUT2D eigenvalue weighted by Gasteiger charge is 2.63. The van der Waals surface area contributed by atoms with Crippen molar-refractivity contribution in [2.75, 3.05) is 11.4 Å². The third-order valence-corrected chi connectivity index (χ3v) is 6.80. The Kier molecular flexibility index (Phi) is 3.75. The fourth-order valence-corrected chi connectivity index (χ4v) is 5.46. The number of piperazine rings is 1. The van der Waals surface area contributed by atoms with E-state index in [1.165, 1.54) is 4.90 Å². The number of likely N-dealkylation sites (tertiary alicyclic amines) is 1. The van der Waals surface area contributed by atoms with Gasteiger partial charge in [-0.25, -0.2) is 9.69 Å². The highest BCUT2D eigenvalue weighted by Crippen LogP contribution is 2.43. The van der Waals surface area contributed by atoms with Crippen LogP contribution in [0.25, 0.3) is 10.8 Å². The van der Waals surface area contributed by atoms with E-state index in [9.17, 15) is 14.4 Å². The van der Waals surface area contributed by atoms with Gasteiger partial charge in [-0.05, 0) is 36.9 Å². The van der Waals surface area contributed by atoms with Crippen molar-refractivity contribution >= 4 is 34.3 Å². The number of imide groups is 1. The van der Waals surface area contributed by atoms with Crippen LogP contribution in [0.5, 0.6) is 0 Å². The van der Waals surface area contributed by atoms with Gasteiger partial charge in [-0.1, -0.05) is 54.1 Å². The minimum atomic E-state index is -0.612. The summed E-state index contributed by atoms with van der Waals surface area (Å²) < 4.78 is 0. The summed E-state index contributed by atoms with van der Waals surface area (Å²) >= 11 is 0. The number of benzene rings is 3. The summed E-state index contributed by atoms with van der Waals surface area (Å²) in [6.07, 6.45) is 0.656. The molecule has 4 amide bonds. The van der Waals surface area contributed by atoms with E-state index in [4.69, 9.17) is 0 Å². The van der Waals surface area contributed by atoms with Crippen molar-refractivity contribution in [3.63, 3.8) is 0 Å². The van der Waals surface area contributed by atoms with Crippen LogP contribution in [0.4, 0.5) is 10.5 Å². The molecule has 31 heavy (non-hydrogen) atoms. The fraction of sp³-hybridized carbons (Fsp3) is 0.240. The molecule has 2 bridgehead atoms. The van der Waals surface area contributed by atoms with E-state index in [1.54, 1.807) is 9.80 Å². The molecular formula is C25H21N3O3. The van der Waals surface area contributed by atoms with Gasteiger partial charge in [-0.3, -0.25) is 9.59 Å². The zero-order chi connectivity index (χ0) is 21.3. The first-order valence-electron chi connectivity index (χ1n) is 10.6. The highest BCUT2D eigenvalue weighted by molar-refractivity contribution is 6.25. The van der Waals surface area contributed by atoms with Crippen molar-refractivity contribution in [3.05, 3.63) is 77.9 Å². The number of amides is 4. The van der Waals surface area contributed by atoms with Crippen molar-refractivity contribution in [1.29, 1.82) is 0 Å². The molecule has 0 spiro atoms. The Morgan fingerprint density at radius 1 is 0.968 bits per heavy atom. The van der Waals surface area contributed by atoms with Crippen molar-refractivity contribution in [3.8, 4) is 0 Å². The summed E-state index contributed by atoms with van der Waals surface area (Å²) in [5, 5.41) is 1.85. The van der Waals surface area contributed by atoms with Crippen LogP contribution in [-0.4, -0.2) is 52.3 Å². The van der Waals surface area contributed by atoms with Crippen LogP contribution in [-0.2, 0) is 4.79 Å². The Morgan fingerprint density at radius 3 is 2.58 bits per heavy atom. The minimum Gasteiger partial charge on any atom is -0.331 e. The lowest BCUT2D eigenvalue weighted by molar-refractivity contribution is -0.121. The first-order valence-corrected chi connectivity index (χ1v) is 10.6. The second kappa shape index (κ2) is 6.41. The number of nitrogens with zero attached hydrogens (tertiary/aromatic N) is 3. The molecule has 1 unspecified atom stereocenters. The maximum atomic E-state index is 13.5. The van der Waals surface area contributed by atoms with Crippen molar-refractivity contribution < 1.29 is 14.4 Å². The summed E-state index contributed by atoms with van der Waals surface area (Å²) in [5.41, 5.74) is 2.26. The van der Waals surface area contributed by atoms with Gasteiger partial charge < -0.3 is 9.80 Å². The second-order valence-corrected chi connectivity index (χ2v) is 8.59. The Hall–Kier alpha value is -3.67. The number of aryl methyl sites for hydroxylation is 1. The SMILES string of the molecule is Cc1cccc(C(=O)N2C[C@H]3CC2[C@H]2C(=O)N(c4cccc5ccccc45)C(=O)N32)c1. The van der Waals surface area contributed by atoms with E-state index in [0.717, 1.165) is 16.3 Å². The smallest absolute Gasteiger partial charge is 0.331 e. The van der Waals surface area contributed by atoms with E-state index < -0.39 is 6.04 Å². The monoisotopic (exact) mass is 411 g/mol. The predicted molar refractivity (Wildman–Crippen MR) is 117 cm³/mol. The van der Waals surface area contributed by atoms with E-state index in [2.05, 4.69) is 0 Å². The quantitative estimate of drug-likeness (QED) is 0.606. The molecule has 3 atom stereocenters. The number of urea groups is 1. The molecule has 0 aromatic heterocycles. The van der Waals surface area contributed by atoms with Gasteiger partial charge in [0, 0.05) is 17.5 Å². The van der Waals surface area contributed by atoms with Crippen LogP contribution in [0.3, 0.4) is 0 Å². The van der Waals surface area contributed by atoms with E-state index >= 15 is 0 Å². The molecule has 6 heteroatoms. The summed E-state index contributed by atoms with van der Waals surface area (Å²) in [6, 6.07) is 19.6. The Balaban J connectivity index is 1.36. The maximum absolute atomic E-state index is 13.5. The van der Waals surface area contributed by atoms with Crippen LogP contribution in [0, 0.1) is 6.92 Å². The molecule has 6 nitrogen and oxygen atoms in total.